The molecule has 0 saturated heterocycles. The van der Waals surface area contributed by atoms with Crippen molar-refractivity contribution in [2.24, 2.45) is 7.05 Å². The smallest absolute Gasteiger partial charge is 0.259 e. The zero-order valence-corrected chi connectivity index (χ0v) is 14.9. The molecule has 0 fully saturated rings. The Kier molecular flexibility index (Phi) is 4.72. The fourth-order valence-corrected chi connectivity index (χ4v) is 2.74. The third-order valence-corrected chi connectivity index (χ3v) is 3.92. The van der Waals surface area contributed by atoms with Crippen LogP contribution in [0.5, 0.6) is 0 Å². The van der Waals surface area contributed by atoms with Crippen LogP contribution in [0.3, 0.4) is 0 Å². The SMILES string of the molecule is Cc1cc(NC(=O)c2cn(C)nc2-c2ccco2)ccc1CN(C)C. The van der Waals surface area contributed by atoms with Gasteiger partial charge in [0.15, 0.2) is 5.76 Å². The lowest BCUT2D eigenvalue weighted by Crippen LogP contribution is -2.14. The monoisotopic (exact) mass is 338 g/mol. The highest BCUT2D eigenvalue weighted by molar-refractivity contribution is 6.07. The van der Waals surface area contributed by atoms with Gasteiger partial charge in [-0.25, -0.2) is 0 Å². The van der Waals surface area contributed by atoms with Crippen molar-refractivity contribution in [2.45, 2.75) is 13.5 Å². The number of hydrogen-bond donors (Lipinski definition) is 1. The summed E-state index contributed by atoms with van der Waals surface area (Å²) in [6.45, 7) is 2.91. The highest BCUT2D eigenvalue weighted by atomic mass is 16.3. The molecule has 6 nitrogen and oxygen atoms in total. The number of carbonyl (C=O) groups excluding carboxylic acids is 1. The maximum Gasteiger partial charge on any atom is 0.259 e. The molecular weight excluding hydrogens is 316 g/mol. The zero-order chi connectivity index (χ0) is 18.0. The Morgan fingerprint density at radius 2 is 2.12 bits per heavy atom. The highest BCUT2D eigenvalue weighted by Crippen LogP contribution is 2.24. The largest absolute Gasteiger partial charge is 0.463 e. The molecule has 25 heavy (non-hydrogen) atoms. The van der Waals surface area contributed by atoms with Gasteiger partial charge in [0, 0.05) is 25.5 Å². The second-order valence-electron chi connectivity index (χ2n) is 6.38. The molecule has 0 aliphatic carbocycles. The topological polar surface area (TPSA) is 63.3 Å². The molecule has 0 radical (unpaired) electrons. The summed E-state index contributed by atoms with van der Waals surface area (Å²) in [7, 11) is 5.85. The van der Waals surface area contributed by atoms with Gasteiger partial charge in [0.05, 0.1) is 11.8 Å². The summed E-state index contributed by atoms with van der Waals surface area (Å²) in [6.07, 6.45) is 3.26. The van der Waals surface area contributed by atoms with Gasteiger partial charge in [-0.2, -0.15) is 5.10 Å². The van der Waals surface area contributed by atoms with Crippen molar-refractivity contribution < 1.29 is 9.21 Å². The third kappa shape index (κ3) is 3.80. The fraction of sp³-hybridized carbons (Fsp3) is 0.263. The lowest BCUT2D eigenvalue weighted by molar-refractivity contribution is 0.102. The first kappa shape index (κ1) is 17.0. The van der Waals surface area contributed by atoms with E-state index in [9.17, 15) is 4.79 Å². The minimum Gasteiger partial charge on any atom is -0.463 e. The van der Waals surface area contributed by atoms with E-state index < -0.39 is 0 Å². The Morgan fingerprint density at radius 1 is 1.32 bits per heavy atom. The van der Waals surface area contributed by atoms with Crippen LogP contribution >= 0.6 is 0 Å². The van der Waals surface area contributed by atoms with Gasteiger partial charge < -0.3 is 14.6 Å². The van der Waals surface area contributed by atoms with Crippen molar-refractivity contribution >= 4 is 11.6 Å². The second kappa shape index (κ2) is 6.94. The van der Waals surface area contributed by atoms with Gasteiger partial charge in [0.2, 0.25) is 0 Å². The van der Waals surface area contributed by atoms with E-state index in [4.69, 9.17) is 4.42 Å². The number of aryl methyl sites for hydroxylation is 2. The van der Waals surface area contributed by atoms with Crippen LogP contribution in [-0.2, 0) is 13.6 Å². The van der Waals surface area contributed by atoms with E-state index in [1.807, 2.05) is 39.2 Å². The van der Waals surface area contributed by atoms with Gasteiger partial charge in [-0.1, -0.05) is 6.07 Å². The maximum atomic E-state index is 12.7. The van der Waals surface area contributed by atoms with Gasteiger partial charge in [0.25, 0.3) is 5.91 Å². The van der Waals surface area contributed by atoms with Gasteiger partial charge in [-0.15, -0.1) is 0 Å². The molecule has 2 heterocycles. The first-order chi connectivity index (χ1) is 11.9. The first-order valence-corrected chi connectivity index (χ1v) is 8.07. The van der Waals surface area contributed by atoms with Crippen molar-refractivity contribution in [3.63, 3.8) is 0 Å². The number of anilines is 1. The lowest BCUT2D eigenvalue weighted by atomic mass is 10.1. The normalized spacial score (nSPS) is 11.1. The number of carbonyl (C=O) groups is 1. The minimum absolute atomic E-state index is 0.209. The first-order valence-electron chi connectivity index (χ1n) is 8.07. The predicted molar refractivity (Wildman–Crippen MR) is 97.4 cm³/mol. The Bertz CT molecular complexity index is 879. The molecule has 0 aliphatic heterocycles. The van der Waals surface area contributed by atoms with Crippen molar-refractivity contribution in [1.82, 2.24) is 14.7 Å². The molecule has 0 atom stereocenters. The Morgan fingerprint density at radius 3 is 2.76 bits per heavy atom. The molecule has 0 spiro atoms. The van der Waals surface area contributed by atoms with Crippen LogP contribution in [0.15, 0.2) is 47.2 Å². The highest BCUT2D eigenvalue weighted by Gasteiger charge is 2.19. The third-order valence-electron chi connectivity index (χ3n) is 3.92. The van der Waals surface area contributed by atoms with E-state index in [0.29, 0.717) is 17.0 Å². The average molecular weight is 338 g/mol. The van der Waals surface area contributed by atoms with Gasteiger partial charge in [0.1, 0.15) is 5.69 Å². The number of nitrogens with zero attached hydrogens (tertiary/aromatic N) is 3. The number of nitrogens with one attached hydrogen (secondary N) is 1. The van der Waals surface area contributed by atoms with E-state index in [1.165, 1.54) is 5.56 Å². The zero-order valence-electron chi connectivity index (χ0n) is 14.9. The maximum absolute atomic E-state index is 12.7. The van der Waals surface area contributed by atoms with E-state index in [1.54, 1.807) is 36.3 Å². The quantitative estimate of drug-likeness (QED) is 0.775. The molecule has 0 aliphatic rings. The van der Waals surface area contributed by atoms with Crippen LogP contribution in [0.2, 0.25) is 0 Å². The molecule has 3 aromatic rings. The lowest BCUT2D eigenvalue weighted by Gasteiger charge is -2.13. The molecule has 2 aromatic heterocycles. The molecule has 1 aromatic carbocycles. The van der Waals surface area contributed by atoms with Crippen molar-refractivity contribution in [1.29, 1.82) is 0 Å². The molecule has 130 valence electrons. The molecule has 1 amide bonds. The summed E-state index contributed by atoms with van der Waals surface area (Å²) in [5, 5.41) is 7.28. The number of amides is 1. The number of furan rings is 1. The van der Waals surface area contributed by atoms with Crippen LogP contribution < -0.4 is 5.32 Å². The van der Waals surface area contributed by atoms with Crippen LogP contribution in [0.1, 0.15) is 21.5 Å². The molecule has 0 unspecified atom stereocenters. The summed E-state index contributed by atoms with van der Waals surface area (Å²) in [5.74, 6) is 0.363. The van der Waals surface area contributed by atoms with Crippen molar-refractivity contribution in [2.75, 3.05) is 19.4 Å². The van der Waals surface area contributed by atoms with Crippen LogP contribution in [-0.4, -0.2) is 34.7 Å². The molecule has 0 bridgehead atoms. The predicted octanol–water partition coefficient (Wildman–Crippen LogP) is 3.30. The van der Waals surface area contributed by atoms with E-state index in [0.717, 1.165) is 17.8 Å². The summed E-state index contributed by atoms with van der Waals surface area (Å²) in [5.41, 5.74) is 4.15. The van der Waals surface area contributed by atoms with E-state index in [2.05, 4.69) is 15.3 Å². The van der Waals surface area contributed by atoms with Gasteiger partial charge in [-0.05, 0) is 56.4 Å². The summed E-state index contributed by atoms with van der Waals surface area (Å²) in [4.78, 5) is 14.8. The Labute approximate surface area is 147 Å². The number of rotatable bonds is 5. The standard InChI is InChI=1S/C19H22N4O2/c1-13-10-15(8-7-14(13)11-22(2)3)20-19(24)16-12-23(4)21-18(16)17-6-5-9-25-17/h5-10,12H,11H2,1-4H3,(H,20,24). The average Bonchev–Trinajstić information content (AvgIpc) is 3.18. The fourth-order valence-electron chi connectivity index (χ4n) is 2.74. The van der Waals surface area contributed by atoms with Crippen molar-refractivity contribution in [3.8, 4) is 11.5 Å². The number of benzene rings is 1. The van der Waals surface area contributed by atoms with Gasteiger partial charge in [-0.3, -0.25) is 9.48 Å². The minimum atomic E-state index is -0.209. The molecule has 1 N–H and O–H groups in total. The number of aromatic nitrogens is 2. The van der Waals surface area contributed by atoms with Crippen molar-refractivity contribution in [3.05, 3.63) is 59.5 Å². The molecule has 6 heteroatoms. The summed E-state index contributed by atoms with van der Waals surface area (Å²) < 4.78 is 6.99. The summed E-state index contributed by atoms with van der Waals surface area (Å²) in [6, 6.07) is 9.52. The molecule has 3 rings (SSSR count). The Hall–Kier alpha value is -2.86. The second-order valence-corrected chi connectivity index (χ2v) is 6.38. The molecule has 0 saturated carbocycles. The van der Waals surface area contributed by atoms with Crippen LogP contribution in [0, 0.1) is 6.92 Å². The Balaban J connectivity index is 1.83. The van der Waals surface area contributed by atoms with Gasteiger partial charge >= 0.3 is 0 Å². The van der Waals surface area contributed by atoms with Crippen LogP contribution in [0.4, 0.5) is 5.69 Å². The summed E-state index contributed by atoms with van der Waals surface area (Å²) >= 11 is 0. The number of hydrogen-bond acceptors (Lipinski definition) is 4. The van der Waals surface area contributed by atoms with E-state index >= 15 is 0 Å². The van der Waals surface area contributed by atoms with Crippen LogP contribution in [0.25, 0.3) is 11.5 Å². The molecular formula is C19H22N4O2. The van der Waals surface area contributed by atoms with E-state index in [-0.39, 0.29) is 5.91 Å².